The highest BCUT2D eigenvalue weighted by Gasteiger charge is 2.12. The topological polar surface area (TPSA) is 50.1 Å². The van der Waals surface area contributed by atoms with E-state index >= 15 is 0 Å². The minimum Gasteiger partial charge on any atom is -0.399 e. The Morgan fingerprint density at radius 2 is 1.50 bits per heavy atom. The Hall–Kier alpha value is -2.07. The summed E-state index contributed by atoms with van der Waals surface area (Å²) in [6.07, 6.45) is 0.919. The van der Waals surface area contributed by atoms with Crippen molar-refractivity contribution in [2.75, 3.05) is 12.3 Å². The van der Waals surface area contributed by atoms with Gasteiger partial charge in [0.05, 0.1) is 0 Å². The van der Waals surface area contributed by atoms with E-state index in [-0.39, 0.29) is 5.41 Å². The molecule has 0 fully saturated rings. The fraction of sp³-hybridized carbons (Fsp3) is 0.350. The molecule has 0 spiro atoms. The van der Waals surface area contributed by atoms with E-state index < -0.39 is 0 Å². The number of anilines is 1. The molecule has 0 saturated carbocycles. The SMILES string of the molecule is CC(C)(C)c1ccc(CNC(=S)NCCc2ccc(N)cc2)cc1. The molecule has 0 amide bonds. The first kappa shape index (κ1) is 18.3. The monoisotopic (exact) mass is 341 g/mol. The molecule has 0 unspecified atom stereocenters. The smallest absolute Gasteiger partial charge is 0.166 e. The van der Waals surface area contributed by atoms with Gasteiger partial charge in [0.25, 0.3) is 0 Å². The molecule has 0 radical (unpaired) electrons. The first-order valence-electron chi connectivity index (χ1n) is 8.30. The van der Waals surface area contributed by atoms with E-state index in [2.05, 4.69) is 55.7 Å². The van der Waals surface area contributed by atoms with Gasteiger partial charge >= 0.3 is 0 Å². The predicted octanol–water partition coefficient (Wildman–Crippen LogP) is 3.77. The number of nitrogen functional groups attached to an aromatic ring is 1. The Balaban J connectivity index is 1.72. The van der Waals surface area contributed by atoms with Crippen molar-refractivity contribution in [1.82, 2.24) is 10.6 Å². The molecular weight excluding hydrogens is 314 g/mol. The zero-order chi connectivity index (χ0) is 17.6. The third kappa shape index (κ3) is 5.85. The van der Waals surface area contributed by atoms with Crippen molar-refractivity contribution in [2.45, 2.75) is 39.2 Å². The molecule has 0 atom stereocenters. The summed E-state index contributed by atoms with van der Waals surface area (Å²) in [5.74, 6) is 0. The number of hydrogen-bond donors (Lipinski definition) is 3. The Labute approximate surface area is 150 Å². The van der Waals surface area contributed by atoms with Crippen molar-refractivity contribution in [3.05, 3.63) is 65.2 Å². The molecule has 4 N–H and O–H groups in total. The van der Waals surface area contributed by atoms with Gasteiger partial charge in [0.1, 0.15) is 0 Å². The Morgan fingerprint density at radius 3 is 2.08 bits per heavy atom. The highest BCUT2D eigenvalue weighted by molar-refractivity contribution is 7.80. The molecule has 2 rings (SSSR count). The van der Waals surface area contributed by atoms with E-state index in [0.717, 1.165) is 25.2 Å². The molecule has 0 aromatic heterocycles. The maximum Gasteiger partial charge on any atom is 0.166 e. The van der Waals surface area contributed by atoms with Gasteiger partial charge < -0.3 is 16.4 Å². The van der Waals surface area contributed by atoms with Gasteiger partial charge in [-0.25, -0.2) is 0 Å². The van der Waals surface area contributed by atoms with Crippen LogP contribution in [0, 0.1) is 0 Å². The first-order valence-corrected chi connectivity index (χ1v) is 8.71. The summed E-state index contributed by atoms with van der Waals surface area (Å²) in [4.78, 5) is 0. The molecule has 128 valence electrons. The summed E-state index contributed by atoms with van der Waals surface area (Å²) >= 11 is 5.33. The lowest BCUT2D eigenvalue weighted by Crippen LogP contribution is -2.35. The average molecular weight is 342 g/mol. The van der Waals surface area contributed by atoms with Crippen LogP contribution >= 0.6 is 12.2 Å². The van der Waals surface area contributed by atoms with Crippen molar-refractivity contribution in [1.29, 1.82) is 0 Å². The van der Waals surface area contributed by atoms with E-state index in [0.29, 0.717) is 5.11 Å². The molecule has 0 bridgehead atoms. The number of nitrogens with one attached hydrogen (secondary N) is 2. The van der Waals surface area contributed by atoms with Crippen LogP contribution in [0.3, 0.4) is 0 Å². The Kier molecular flexibility index (Phi) is 6.21. The van der Waals surface area contributed by atoms with Crippen LogP contribution < -0.4 is 16.4 Å². The summed E-state index contributed by atoms with van der Waals surface area (Å²) in [5.41, 5.74) is 10.5. The minimum atomic E-state index is 0.185. The number of nitrogens with two attached hydrogens (primary N) is 1. The minimum absolute atomic E-state index is 0.185. The van der Waals surface area contributed by atoms with Crippen LogP contribution in [-0.2, 0) is 18.4 Å². The van der Waals surface area contributed by atoms with Gasteiger partial charge in [0, 0.05) is 18.8 Å². The fourth-order valence-corrected chi connectivity index (χ4v) is 2.55. The van der Waals surface area contributed by atoms with Gasteiger partial charge in [-0.1, -0.05) is 57.2 Å². The molecule has 0 aliphatic heterocycles. The zero-order valence-corrected chi connectivity index (χ0v) is 15.5. The van der Waals surface area contributed by atoms with E-state index in [1.165, 1.54) is 16.7 Å². The van der Waals surface area contributed by atoms with Crippen LogP contribution in [0.4, 0.5) is 5.69 Å². The van der Waals surface area contributed by atoms with Gasteiger partial charge in [-0.15, -0.1) is 0 Å². The van der Waals surface area contributed by atoms with Gasteiger partial charge in [-0.3, -0.25) is 0 Å². The van der Waals surface area contributed by atoms with Crippen molar-refractivity contribution in [2.24, 2.45) is 0 Å². The summed E-state index contributed by atoms with van der Waals surface area (Å²) < 4.78 is 0. The maximum atomic E-state index is 5.68. The molecule has 0 heterocycles. The highest BCUT2D eigenvalue weighted by atomic mass is 32.1. The van der Waals surface area contributed by atoms with E-state index in [1.54, 1.807) is 0 Å². The normalized spacial score (nSPS) is 11.1. The predicted molar refractivity (Wildman–Crippen MR) is 107 cm³/mol. The lowest BCUT2D eigenvalue weighted by Gasteiger charge is -2.19. The van der Waals surface area contributed by atoms with Crippen molar-refractivity contribution < 1.29 is 0 Å². The van der Waals surface area contributed by atoms with Crippen LogP contribution in [-0.4, -0.2) is 11.7 Å². The summed E-state index contributed by atoms with van der Waals surface area (Å²) in [5, 5.41) is 7.18. The molecule has 2 aromatic carbocycles. The second-order valence-corrected chi connectivity index (χ2v) is 7.46. The quantitative estimate of drug-likeness (QED) is 0.572. The van der Waals surface area contributed by atoms with Crippen molar-refractivity contribution >= 4 is 23.0 Å². The molecule has 0 aliphatic carbocycles. The van der Waals surface area contributed by atoms with Crippen LogP contribution in [0.25, 0.3) is 0 Å². The van der Waals surface area contributed by atoms with E-state index in [9.17, 15) is 0 Å². The molecule has 3 nitrogen and oxygen atoms in total. The summed E-state index contributed by atoms with van der Waals surface area (Å²) in [7, 11) is 0. The number of rotatable bonds is 5. The number of benzene rings is 2. The number of hydrogen-bond acceptors (Lipinski definition) is 2. The standard InChI is InChI=1S/C20H27N3S/c1-20(2,3)17-8-4-16(5-9-17)14-23-19(24)22-13-12-15-6-10-18(21)11-7-15/h4-11H,12-14,21H2,1-3H3,(H2,22,23,24). The highest BCUT2D eigenvalue weighted by Crippen LogP contribution is 2.22. The van der Waals surface area contributed by atoms with E-state index in [4.69, 9.17) is 18.0 Å². The summed E-state index contributed by atoms with van der Waals surface area (Å²) in [6, 6.07) is 16.6. The van der Waals surface area contributed by atoms with Gasteiger partial charge in [0.15, 0.2) is 5.11 Å². The average Bonchev–Trinajstić information content (AvgIpc) is 2.54. The molecule has 2 aromatic rings. The van der Waals surface area contributed by atoms with Crippen LogP contribution in [0.1, 0.15) is 37.5 Å². The third-order valence-corrected chi connectivity index (χ3v) is 4.24. The second kappa shape index (κ2) is 8.15. The van der Waals surface area contributed by atoms with E-state index in [1.807, 2.05) is 24.3 Å². The molecular formula is C20H27N3S. The second-order valence-electron chi connectivity index (χ2n) is 7.05. The van der Waals surface area contributed by atoms with Crippen molar-refractivity contribution in [3.8, 4) is 0 Å². The van der Waals surface area contributed by atoms with Crippen molar-refractivity contribution in [3.63, 3.8) is 0 Å². The largest absolute Gasteiger partial charge is 0.399 e. The third-order valence-electron chi connectivity index (χ3n) is 3.95. The molecule has 0 saturated heterocycles. The molecule has 24 heavy (non-hydrogen) atoms. The van der Waals surface area contributed by atoms with Crippen LogP contribution in [0.2, 0.25) is 0 Å². The fourth-order valence-electron chi connectivity index (χ4n) is 2.37. The number of thiocarbonyl (C=S) groups is 1. The Morgan fingerprint density at radius 1 is 0.917 bits per heavy atom. The maximum absolute atomic E-state index is 5.68. The van der Waals surface area contributed by atoms with Gasteiger partial charge in [-0.2, -0.15) is 0 Å². The van der Waals surface area contributed by atoms with Gasteiger partial charge in [0.2, 0.25) is 0 Å². The lowest BCUT2D eigenvalue weighted by atomic mass is 9.87. The lowest BCUT2D eigenvalue weighted by molar-refractivity contribution is 0.590. The first-order chi connectivity index (χ1) is 11.3. The summed E-state index contributed by atoms with van der Waals surface area (Å²) in [6.45, 7) is 8.21. The van der Waals surface area contributed by atoms with Gasteiger partial charge in [-0.05, 0) is 52.9 Å². The van der Waals surface area contributed by atoms with Crippen LogP contribution in [0.5, 0.6) is 0 Å². The zero-order valence-electron chi connectivity index (χ0n) is 14.7. The van der Waals surface area contributed by atoms with Crippen LogP contribution in [0.15, 0.2) is 48.5 Å². The molecule has 4 heteroatoms. The Bertz CT molecular complexity index is 655. The molecule has 0 aliphatic rings.